The van der Waals surface area contributed by atoms with Crippen molar-refractivity contribution >= 4 is 0 Å². The Morgan fingerprint density at radius 3 is 2.80 bits per heavy atom. The topological polar surface area (TPSA) is 47.3 Å². The summed E-state index contributed by atoms with van der Waals surface area (Å²) in [5, 5.41) is 0. The summed E-state index contributed by atoms with van der Waals surface area (Å²) in [7, 11) is 0. The molecule has 3 nitrogen and oxygen atoms in total. The van der Waals surface area contributed by atoms with Gasteiger partial charge in [-0.25, -0.2) is 5.48 Å². The van der Waals surface area contributed by atoms with Crippen LogP contribution >= 0.6 is 0 Å². The minimum atomic E-state index is 0.633. The number of rotatable bonds is 7. The Morgan fingerprint density at radius 2 is 2.20 bits per heavy atom. The summed E-state index contributed by atoms with van der Waals surface area (Å²) in [5.41, 5.74) is 8.00. The first-order valence-electron chi connectivity index (χ1n) is 3.96. The number of nitrogens with one attached hydrogen (secondary N) is 1. The molecule has 0 unspecified atom stereocenters. The number of nitrogens with two attached hydrogens (primary N) is 1. The molecule has 0 aromatic rings. The fourth-order valence-electron chi connectivity index (χ4n) is 0.627. The van der Waals surface area contributed by atoms with Gasteiger partial charge in [-0.15, -0.1) is 0 Å². The lowest BCUT2D eigenvalue weighted by Crippen LogP contribution is -2.23. The molecule has 0 spiro atoms. The van der Waals surface area contributed by atoms with E-state index in [-0.39, 0.29) is 0 Å². The molecule has 0 bridgehead atoms. The first kappa shape index (κ1) is 9.88. The van der Waals surface area contributed by atoms with E-state index in [2.05, 4.69) is 12.4 Å². The molecule has 10 heavy (non-hydrogen) atoms. The third kappa shape index (κ3) is 7.88. The highest BCUT2D eigenvalue weighted by Crippen LogP contribution is 1.91. The van der Waals surface area contributed by atoms with Gasteiger partial charge in [-0.1, -0.05) is 19.8 Å². The van der Waals surface area contributed by atoms with E-state index >= 15 is 0 Å². The van der Waals surface area contributed by atoms with Crippen molar-refractivity contribution in [2.24, 2.45) is 5.73 Å². The van der Waals surface area contributed by atoms with Crippen molar-refractivity contribution in [1.29, 1.82) is 0 Å². The molecule has 0 aliphatic rings. The molecule has 0 heterocycles. The summed E-state index contributed by atoms with van der Waals surface area (Å²) in [6.07, 6.45) is 3.61. The third-order valence-corrected chi connectivity index (χ3v) is 1.20. The largest absolute Gasteiger partial charge is 0.329 e. The lowest BCUT2D eigenvalue weighted by Gasteiger charge is -2.02. The van der Waals surface area contributed by atoms with Crippen LogP contribution in [0.25, 0.3) is 0 Å². The van der Waals surface area contributed by atoms with Crippen LogP contribution in [-0.4, -0.2) is 19.7 Å². The summed E-state index contributed by atoms with van der Waals surface area (Å²) < 4.78 is 0. The second-order valence-electron chi connectivity index (χ2n) is 2.24. The average molecular weight is 146 g/mol. The van der Waals surface area contributed by atoms with Crippen molar-refractivity contribution in [3.05, 3.63) is 0 Å². The van der Waals surface area contributed by atoms with E-state index in [9.17, 15) is 0 Å². The van der Waals surface area contributed by atoms with Gasteiger partial charge in [-0.3, -0.25) is 0 Å². The fourth-order valence-corrected chi connectivity index (χ4v) is 0.627. The monoisotopic (exact) mass is 146 g/mol. The molecule has 0 amide bonds. The van der Waals surface area contributed by atoms with Gasteiger partial charge in [0, 0.05) is 13.1 Å². The van der Waals surface area contributed by atoms with E-state index in [1.807, 2.05) is 0 Å². The maximum absolute atomic E-state index is 5.23. The van der Waals surface area contributed by atoms with Gasteiger partial charge < -0.3 is 10.6 Å². The zero-order chi connectivity index (χ0) is 7.66. The molecule has 62 valence electrons. The summed E-state index contributed by atoms with van der Waals surface area (Å²) in [6.45, 7) is 4.35. The molecule has 3 N–H and O–H groups in total. The maximum atomic E-state index is 5.23. The lowest BCUT2D eigenvalue weighted by atomic mass is 10.3. The van der Waals surface area contributed by atoms with Crippen LogP contribution in [-0.2, 0) is 4.84 Å². The third-order valence-electron chi connectivity index (χ3n) is 1.20. The highest BCUT2D eigenvalue weighted by molar-refractivity contribution is 4.36. The number of hydroxylamine groups is 1. The summed E-state index contributed by atoms with van der Waals surface area (Å²) in [6, 6.07) is 0. The first-order chi connectivity index (χ1) is 4.91. The number of hydrogen-bond acceptors (Lipinski definition) is 3. The van der Waals surface area contributed by atoms with Gasteiger partial charge in [-0.05, 0) is 6.42 Å². The average Bonchev–Trinajstić information content (AvgIpc) is 1.97. The van der Waals surface area contributed by atoms with Crippen LogP contribution in [0.1, 0.15) is 26.2 Å². The Balaban J connectivity index is 2.65. The van der Waals surface area contributed by atoms with E-state index in [0.29, 0.717) is 6.54 Å². The molecule has 0 rings (SSSR count). The maximum Gasteiger partial charge on any atom is 0.0682 e. The SMILES string of the molecule is CCCCCONCCN. The molecule has 3 heteroatoms. The Hall–Kier alpha value is -0.120. The minimum Gasteiger partial charge on any atom is -0.329 e. The smallest absolute Gasteiger partial charge is 0.0682 e. The minimum absolute atomic E-state index is 0.633. The summed E-state index contributed by atoms with van der Waals surface area (Å²) >= 11 is 0. The van der Waals surface area contributed by atoms with Crippen LogP contribution < -0.4 is 11.2 Å². The van der Waals surface area contributed by atoms with Gasteiger partial charge in [0.15, 0.2) is 0 Å². The van der Waals surface area contributed by atoms with Gasteiger partial charge in [0.05, 0.1) is 6.61 Å². The van der Waals surface area contributed by atoms with Gasteiger partial charge in [0.25, 0.3) is 0 Å². The number of unbranched alkanes of at least 4 members (excludes halogenated alkanes) is 2. The second-order valence-corrected chi connectivity index (χ2v) is 2.24. The highest BCUT2D eigenvalue weighted by Gasteiger charge is 1.85. The van der Waals surface area contributed by atoms with Crippen LogP contribution in [0.2, 0.25) is 0 Å². The molecule has 0 radical (unpaired) electrons. The molecule has 0 atom stereocenters. The van der Waals surface area contributed by atoms with Crippen molar-refractivity contribution in [3.8, 4) is 0 Å². The fraction of sp³-hybridized carbons (Fsp3) is 1.00. The molecule has 0 saturated heterocycles. The van der Waals surface area contributed by atoms with Gasteiger partial charge in [-0.2, -0.15) is 0 Å². The van der Waals surface area contributed by atoms with Crippen LogP contribution in [0, 0.1) is 0 Å². The Kier molecular flexibility index (Phi) is 8.77. The predicted molar refractivity (Wildman–Crippen MR) is 42.5 cm³/mol. The second kappa shape index (κ2) is 8.88. The molecule has 0 aromatic heterocycles. The molecule has 0 aliphatic carbocycles. The zero-order valence-corrected chi connectivity index (χ0v) is 6.73. The predicted octanol–water partition coefficient (Wildman–Crippen LogP) is 0.657. The Bertz CT molecular complexity index is 51.6. The van der Waals surface area contributed by atoms with Crippen LogP contribution in [0.15, 0.2) is 0 Å². The van der Waals surface area contributed by atoms with E-state index in [4.69, 9.17) is 10.6 Å². The quantitative estimate of drug-likeness (QED) is 0.409. The standard InChI is InChI=1S/C7H18N2O/c1-2-3-4-7-10-9-6-5-8/h9H,2-8H2,1H3. The molecular formula is C7H18N2O. The molecule has 0 aliphatic heterocycles. The van der Waals surface area contributed by atoms with Gasteiger partial charge in [0.1, 0.15) is 0 Å². The highest BCUT2D eigenvalue weighted by atomic mass is 16.6. The van der Waals surface area contributed by atoms with Gasteiger partial charge in [0.2, 0.25) is 0 Å². The molecule has 0 saturated carbocycles. The van der Waals surface area contributed by atoms with Crippen molar-refractivity contribution < 1.29 is 4.84 Å². The number of hydrogen-bond donors (Lipinski definition) is 2. The normalized spacial score (nSPS) is 10.2. The van der Waals surface area contributed by atoms with E-state index in [1.165, 1.54) is 12.8 Å². The van der Waals surface area contributed by atoms with Crippen molar-refractivity contribution in [2.45, 2.75) is 26.2 Å². The lowest BCUT2D eigenvalue weighted by molar-refractivity contribution is 0.0407. The first-order valence-corrected chi connectivity index (χ1v) is 3.96. The van der Waals surface area contributed by atoms with Crippen molar-refractivity contribution in [2.75, 3.05) is 19.7 Å². The summed E-state index contributed by atoms with van der Waals surface area (Å²) in [4.78, 5) is 5.05. The zero-order valence-electron chi connectivity index (χ0n) is 6.73. The van der Waals surface area contributed by atoms with Crippen LogP contribution in [0.5, 0.6) is 0 Å². The van der Waals surface area contributed by atoms with Crippen molar-refractivity contribution in [3.63, 3.8) is 0 Å². The van der Waals surface area contributed by atoms with Crippen LogP contribution in [0.3, 0.4) is 0 Å². The van der Waals surface area contributed by atoms with E-state index < -0.39 is 0 Å². The van der Waals surface area contributed by atoms with Crippen molar-refractivity contribution in [1.82, 2.24) is 5.48 Å². The molecular weight excluding hydrogens is 128 g/mol. The van der Waals surface area contributed by atoms with E-state index in [1.54, 1.807) is 0 Å². The Labute approximate surface area is 62.9 Å². The molecule has 0 fully saturated rings. The Morgan fingerprint density at radius 1 is 1.40 bits per heavy atom. The van der Waals surface area contributed by atoms with Gasteiger partial charge >= 0.3 is 0 Å². The summed E-state index contributed by atoms with van der Waals surface area (Å²) in [5.74, 6) is 0. The van der Waals surface area contributed by atoms with E-state index in [0.717, 1.165) is 19.6 Å². The molecule has 0 aromatic carbocycles. The van der Waals surface area contributed by atoms with Crippen LogP contribution in [0.4, 0.5) is 0 Å².